The number of nitrogens with zero attached hydrogens (tertiary/aromatic N) is 3. The van der Waals surface area contributed by atoms with Crippen molar-refractivity contribution in [1.29, 1.82) is 0 Å². The number of aliphatic hydroxyl groups is 1. The predicted octanol–water partition coefficient (Wildman–Crippen LogP) is 0.129. The molecule has 2 aromatic heterocycles. The molecule has 1 fully saturated rings. The minimum atomic E-state index is -0.442. The van der Waals surface area contributed by atoms with Crippen LogP contribution in [0.4, 0.5) is 5.82 Å². The fraction of sp³-hybridized carbons (Fsp3) is 0.417. The predicted molar refractivity (Wildman–Crippen MR) is 73.6 cm³/mol. The lowest BCUT2D eigenvalue weighted by molar-refractivity contribution is -0.132. The summed E-state index contributed by atoms with van der Waals surface area (Å²) in [6.07, 6.45) is 2.38. The van der Waals surface area contributed by atoms with Crippen molar-refractivity contribution in [1.82, 2.24) is 14.7 Å². The fourth-order valence-corrected chi connectivity index (χ4v) is 3.22. The van der Waals surface area contributed by atoms with Gasteiger partial charge in [-0.15, -0.1) is 11.3 Å². The number of hydrogen-bond donors (Lipinski definition) is 2. The second-order valence-electron chi connectivity index (χ2n) is 4.56. The summed E-state index contributed by atoms with van der Waals surface area (Å²) in [4.78, 5) is 30.4. The van der Waals surface area contributed by atoms with Crippen LogP contribution in [0.15, 0.2) is 11.6 Å². The van der Waals surface area contributed by atoms with E-state index in [4.69, 9.17) is 0 Å². The molecule has 1 aliphatic rings. The Morgan fingerprint density at radius 1 is 1.55 bits per heavy atom. The van der Waals surface area contributed by atoms with Gasteiger partial charge in [0.25, 0.3) is 0 Å². The van der Waals surface area contributed by atoms with Gasteiger partial charge in [0.2, 0.25) is 11.8 Å². The highest BCUT2D eigenvalue weighted by Crippen LogP contribution is 2.27. The largest absolute Gasteiger partial charge is 0.390 e. The fourth-order valence-electron chi connectivity index (χ4n) is 2.49. The van der Waals surface area contributed by atoms with E-state index in [1.54, 1.807) is 9.30 Å². The highest BCUT2D eigenvalue weighted by atomic mass is 32.1. The van der Waals surface area contributed by atoms with E-state index in [0.717, 1.165) is 4.96 Å². The van der Waals surface area contributed by atoms with Gasteiger partial charge in [0.15, 0.2) is 10.8 Å². The van der Waals surface area contributed by atoms with E-state index in [9.17, 15) is 14.7 Å². The van der Waals surface area contributed by atoms with Gasteiger partial charge in [-0.05, 0) is 6.42 Å². The van der Waals surface area contributed by atoms with E-state index < -0.39 is 6.04 Å². The Morgan fingerprint density at radius 3 is 3.05 bits per heavy atom. The molecular weight excluding hydrogens is 280 g/mol. The second-order valence-corrected chi connectivity index (χ2v) is 5.43. The van der Waals surface area contributed by atoms with E-state index in [-0.39, 0.29) is 25.0 Å². The maximum atomic E-state index is 11.9. The van der Waals surface area contributed by atoms with E-state index >= 15 is 0 Å². The number of imide groups is 1. The Hall–Kier alpha value is -1.93. The van der Waals surface area contributed by atoms with Gasteiger partial charge >= 0.3 is 0 Å². The number of aromatic nitrogens is 2. The van der Waals surface area contributed by atoms with Gasteiger partial charge in [0.1, 0.15) is 6.04 Å². The first-order valence-electron chi connectivity index (χ1n) is 6.31. The maximum Gasteiger partial charge on any atom is 0.249 e. The molecule has 1 unspecified atom stereocenters. The molecule has 2 aromatic rings. The molecule has 0 spiro atoms. The lowest BCUT2D eigenvalue weighted by Gasteiger charge is -2.34. The van der Waals surface area contributed by atoms with Gasteiger partial charge in [-0.2, -0.15) is 0 Å². The van der Waals surface area contributed by atoms with E-state index in [0.29, 0.717) is 17.9 Å². The van der Waals surface area contributed by atoms with E-state index in [1.165, 1.54) is 11.3 Å². The van der Waals surface area contributed by atoms with Gasteiger partial charge in [0.05, 0.1) is 18.8 Å². The van der Waals surface area contributed by atoms with Crippen LogP contribution in [0.2, 0.25) is 0 Å². The molecule has 1 atom stereocenters. The van der Waals surface area contributed by atoms with Crippen molar-refractivity contribution < 1.29 is 14.7 Å². The number of hydrogen-bond acceptors (Lipinski definition) is 6. The number of nitrogens with one attached hydrogen (secondary N) is 1. The van der Waals surface area contributed by atoms with Crippen LogP contribution >= 0.6 is 11.3 Å². The van der Waals surface area contributed by atoms with Crippen LogP contribution in [0.3, 0.4) is 0 Å². The SMILES string of the molecule is CCC1C(=O)NC(=O)CN1c1nc2sccn2c1CO. The average molecular weight is 294 g/mol. The van der Waals surface area contributed by atoms with E-state index in [2.05, 4.69) is 10.3 Å². The number of aliphatic hydroxyl groups excluding tert-OH is 1. The van der Waals surface area contributed by atoms with Crippen molar-refractivity contribution in [2.75, 3.05) is 11.4 Å². The molecule has 0 aromatic carbocycles. The smallest absolute Gasteiger partial charge is 0.249 e. The van der Waals surface area contributed by atoms with Crippen molar-refractivity contribution in [3.63, 3.8) is 0 Å². The first kappa shape index (κ1) is 13.1. The van der Waals surface area contributed by atoms with Gasteiger partial charge in [0, 0.05) is 11.6 Å². The molecule has 0 saturated carbocycles. The molecule has 3 rings (SSSR count). The summed E-state index contributed by atoms with van der Waals surface area (Å²) in [6, 6.07) is -0.442. The molecule has 0 bridgehead atoms. The number of fused-ring (bicyclic) bond motifs is 1. The van der Waals surface area contributed by atoms with Crippen molar-refractivity contribution >= 4 is 33.9 Å². The molecule has 3 heterocycles. The van der Waals surface area contributed by atoms with Crippen molar-refractivity contribution in [3.05, 3.63) is 17.3 Å². The summed E-state index contributed by atoms with van der Waals surface area (Å²) in [5.41, 5.74) is 0.599. The number of piperazine rings is 1. The Balaban J connectivity index is 2.09. The van der Waals surface area contributed by atoms with Crippen LogP contribution in [0.1, 0.15) is 19.0 Å². The number of rotatable bonds is 3. The van der Waals surface area contributed by atoms with Crippen LogP contribution in [0.25, 0.3) is 4.96 Å². The molecule has 0 aliphatic carbocycles. The molecule has 2 amide bonds. The zero-order chi connectivity index (χ0) is 14.3. The molecule has 20 heavy (non-hydrogen) atoms. The zero-order valence-corrected chi connectivity index (χ0v) is 11.7. The lowest BCUT2D eigenvalue weighted by Crippen LogP contribution is -2.58. The number of anilines is 1. The molecule has 106 valence electrons. The summed E-state index contributed by atoms with van der Waals surface area (Å²) in [5, 5.41) is 13.8. The number of amides is 2. The molecule has 1 saturated heterocycles. The van der Waals surface area contributed by atoms with Gasteiger partial charge in [-0.1, -0.05) is 6.92 Å². The summed E-state index contributed by atoms with van der Waals surface area (Å²) in [5.74, 6) is -0.154. The number of imidazole rings is 1. The summed E-state index contributed by atoms with van der Waals surface area (Å²) in [6.45, 7) is 1.75. The molecule has 1 aliphatic heterocycles. The van der Waals surface area contributed by atoms with Crippen LogP contribution in [0, 0.1) is 0 Å². The maximum absolute atomic E-state index is 11.9. The highest BCUT2D eigenvalue weighted by molar-refractivity contribution is 7.15. The standard InChI is InChI=1S/C12H14N4O3S/c1-2-7-11(19)13-9(18)5-16(7)10-8(6-17)15-3-4-20-12(15)14-10/h3-4,7,17H,2,5-6H2,1H3,(H,13,18,19). The quantitative estimate of drug-likeness (QED) is 0.786. The normalized spacial score (nSPS) is 19.7. The molecular formula is C12H14N4O3S. The Labute approximate surface area is 118 Å². The van der Waals surface area contributed by atoms with Crippen LogP contribution in [-0.2, 0) is 16.2 Å². The molecule has 7 nitrogen and oxygen atoms in total. The van der Waals surface area contributed by atoms with Crippen molar-refractivity contribution in [2.45, 2.75) is 26.0 Å². The van der Waals surface area contributed by atoms with Crippen molar-refractivity contribution in [3.8, 4) is 0 Å². The minimum absolute atomic E-state index is 0.0715. The van der Waals surface area contributed by atoms with Gasteiger partial charge in [-0.3, -0.25) is 19.3 Å². The third kappa shape index (κ3) is 1.88. The second kappa shape index (κ2) is 4.88. The molecule has 0 radical (unpaired) electrons. The van der Waals surface area contributed by atoms with Crippen molar-refractivity contribution in [2.24, 2.45) is 0 Å². The third-order valence-electron chi connectivity index (χ3n) is 3.40. The minimum Gasteiger partial charge on any atom is -0.390 e. The van der Waals surface area contributed by atoms with Gasteiger partial charge < -0.3 is 10.0 Å². The van der Waals surface area contributed by atoms with Gasteiger partial charge in [-0.25, -0.2) is 4.98 Å². The van der Waals surface area contributed by atoms with E-state index in [1.807, 2.05) is 18.5 Å². The Bertz CT molecular complexity index is 677. The monoisotopic (exact) mass is 294 g/mol. The third-order valence-corrected chi connectivity index (χ3v) is 4.16. The summed E-state index contributed by atoms with van der Waals surface area (Å²) >= 11 is 1.44. The average Bonchev–Trinajstić information content (AvgIpc) is 2.97. The first-order valence-corrected chi connectivity index (χ1v) is 7.19. The Morgan fingerprint density at radius 2 is 2.35 bits per heavy atom. The van der Waals surface area contributed by atoms with Crippen LogP contribution in [0.5, 0.6) is 0 Å². The van der Waals surface area contributed by atoms with Crippen LogP contribution < -0.4 is 10.2 Å². The number of thiazole rings is 1. The topological polar surface area (TPSA) is 86.9 Å². The highest BCUT2D eigenvalue weighted by Gasteiger charge is 2.35. The zero-order valence-electron chi connectivity index (χ0n) is 10.9. The molecule has 8 heteroatoms. The number of carbonyl (C=O) groups is 2. The summed E-state index contributed by atoms with van der Waals surface area (Å²) < 4.78 is 1.78. The number of carbonyl (C=O) groups excluding carboxylic acids is 2. The molecule has 2 N–H and O–H groups in total. The lowest BCUT2D eigenvalue weighted by atomic mass is 10.1. The van der Waals surface area contributed by atoms with Crippen LogP contribution in [-0.4, -0.2) is 38.9 Å². The summed E-state index contributed by atoms with van der Waals surface area (Å²) in [7, 11) is 0. The first-order chi connectivity index (χ1) is 9.65. The Kier molecular flexibility index (Phi) is 3.19.